The number of aryl methyl sites for hydroxylation is 1. The van der Waals surface area contributed by atoms with Crippen molar-refractivity contribution in [3.05, 3.63) is 41.6 Å². The highest BCUT2D eigenvalue weighted by Crippen LogP contribution is 2.12. The minimum Gasteiger partial charge on any atom is -0.360 e. The summed E-state index contributed by atoms with van der Waals surface area (Å²) in [6.45, 7) is 1.96. The summed E-state index contributed by atoms with van der Waals surface area (Å²) in [6, 6.07) is 8.88. The van der Waals surface area contributed by atoms with E-state index in [-0.39, 0.29) is 17.1 Å². The first-order valence-electron chi connectivity index (χ1n) is 6.84. The standard InChI is InChI=1S/C15H17N3O3S/c1-11-2-4-13(5-3-11)17-9-12(8-16)15(19)18-14-6-7-22(20,21)10-14/h2-5,9,14,17H,6-7,10H2,1H3,(H,18,19)/b12-9-. The number of benzene rings is 1. The van der Waals surface area contributed by atoms with Gasteiger partial charge in [0, 0.05) is 17.9 Å². The molecule has 0 spiro atoms. The van der Waals surface area contributed by atoms with Crippen molar-refractivity contribution in [3.63, 3.8) is 0 Å². The zero-order valence-electron chi connectivity index (χ0n) is 12.2. The number of nitriles is 1. The third-order valence-corrected chi connectivity index (χ3v) is 5.14. The normalized spacial score (nSPS) is 20.2. The molecule has 0 aromatic heterocycles. The molecule has 0 radical (unpaired) electrons. The van der Waals surface area contributed by atoms with E-state index in [4.69, 9.17) is 5.26 Å². The van der Waals surface area contributed by atoms with Crippen LogP contribution in [0.25, 0.3) is 0 Å². The fourth-order valence-corrected chi connectivity index (χ4v) is 3.80. The number of amides is 1. The molecular formula is C15H17N3O3S. The molecular weight excluding hydrogens is 302 g/mol. The minimum atomic E-state index is -3.07. The fourth-order valence-electron chi connectivity index (χ4n) is 2.13. The highest BCUT2D eigenvalue weighted by Gasteiger charge is 2.29. The molecule has 1 aliphatic rings. The molecule has 1 atom stereocenters. The van der Waals surface area contributed by atoms with Crippen LogP contribution in [0, 0.1) is 18.3 Å². The Labute approximate surface area is 129 Å². The average Bonchev–Trinajstić information content (AvgIpc) is 2.80. The lowest BCUT2D eigenvalue weighted by Crippen LogP contribution is -2.36. The summed E-state index contributed by atoms with van der Waals surface area (Å²) in [6.07, 6.45) is 1.71. The quantitative estimate of drug-likeness (QED) is 0.640. The SMILES string of the molecule is Cc1ccc(N/C=C(/C#N)C(=O)NC2CCS(=O)(=O)C2)cc1. The van der Waals surface area contributed by atoms with Crippen LogP contribution in [0.5, 0.6) is 0 Å². The number of carbonyl (C=O) groups is 1. The van der Waals surface area contributed by atoms with Crippen molar-refractivity contribution in [2.75, 3.05) is 16.8 Å². The fraction of sp³-hybridized carbons (Fsp3) is 0.333. The van der Waals surface area contributed by atoms with Gasteiger partial charge in [0.05, 0.1) is 11.5 Å². The van der Waals surface area contributed by atoms with Crippen molar-refractivity contribution in [1.29, 1.82) is 5.26 Å². The van der Waals surface area contributed by atoms with Crippen molar-refractivity contribution in [2.45, 2.75) is 19.4 Å². The molecule has 1 amide bonds. The Bertz CT molecular complexity index is 730. The van der Waals surface area contributed by atoms with Gasteiger partial charge in [-0.1, -0.05) is 17.7 Å². The lowest BCUT2D eigenvalue weighted by molar-refractivity contribution is -0.117. The molecule has 2 N–H and O–H groups in total. The number of hydrogen-bond acceptors (Lipinski definition) is 5. The van der Waals surface area contributed by atoms with Gasteiger partial charge < -0.3 is 10.6 Å². The second kappa shape index (κ2) is 6.62. The molecule has 1 fully saturated rings. The Morgan fingerprint density at radius 2 is 2.05 bits per heavy atom. The molecule has 1 aromatic carbocycles. The third kappa shape index (κ3) is 4.33. The Kier molecular flexibility index (Phi) is 4.83. The van der Waals surface area contributed by atoms with E-state index in [9.17, 15) is 13.2 Å². The van der Waals surface area contributed by atoms with E-state index in [0.29, 0.717) is 6.42 Å². The second-order valence-corrected chi connectivity index (χ2v) is 7.48. The first-order valence-corrected chi connectivity index (χ1v) is 8.66. The predicted molar refractivity (Wildman–Crippen MR) is 83.7 cm³/mol. The van der Waals surface area contributed by atoms with Crippen LogP contribution in [0.1, 0.15) is 12.0 Å². The van der Waals surface area contributed by atoms with Crippen LogP contribution in [-0.4, -0.2) is 31.9 Å². The number of anilines is 1. The molecule has 1 unspecified atom stereocenters. The van der Waals surface area contributed by atoms with Crippen molar-refractivity contribution >= 4 is 21.4 Å². The molecule has 22 heavy (non-hydrogen) atoms. The Morgan fingerprint density at radius 1 is 1.36 bits per heavy atom. The molecule has 116 valence electrons. The Morgan fingerprint density at radius 3 is 2.59 bits per heavy atom. The first kappa shape index (κ1) is 16.0. The molecule has 0 bridgehead atoms. The van der Waals surface area contributed by atoms with Crippen LogP contribution in [0.3, 0.4) is 0 Å². The van der Waals surface area contributed by atoms with Gasteiger partial charge in [-0.2, -0.15) is 5.26 Å². The highest BCUT2D eigenvalue weighted by atomic mass is 32.2. The summed E-state index contributed by atoms with van der Waals surface area (Å²) in [4.78, 5) is 12.0. The number of carbonyl (C=O) groups excluding carboxylic acids is 1. The summed E-state index contributed by atoms with van der Waals surface area (Å²) < 4.78 is 22.7. The smallest absolute Gasteiger partial charge is 0.263 e. The lowest BCUT2D eigenvalue weighted by Gasteiger charge is -2.10. The maximum absolute atomic E-state index is 12.0. The van der Waals surface area contributed by atoms with Crippen molar-refractivity contribution in [3.8, 4) is 6.07 Å². The third-order valence-electron chi connectivity index (χ3n) is 3.37. The maximum Gasteiger partial charge on any atom is 0.263 e. The summed E-state index contributed by atoms with van der Waals surface area (Å²) in [5.74, 6) is -0.558. The van der Waals surface area contributed by atoms with Gasteiger partial charge in [0.2, 0.25) is 0 Å². The van der Waals surface area contributed by atoms with Crippen molar-refractivity contribution < 1.29 is 13.2 Å². The zero-order chi connectivity index (χ0) is 16.2. The summed E-state index contributed by atoms with van der Waals surface area (Å²) in [5, 5.41) is 14.5. The van der Waals surface area contributed by atoms with Crippen LogP contribution in [0.15, 0.2) is 36.0 Å². The summed E-state index contributed by atoms with van der Waals surface area (Å²) >= 11 is 0. The summed E-state index contributed by atoms with van der Waals surface area (Å²) in [5.41, 5.74) is 1.77. The number of hydrogen-bond donors (Lipinski definition) is 2. The molecule has 6 nitrogen and oxygen atoms in total. The molecule has 2 rings (SSSR count). The predicted octanol–water partition coefficient (Wildman–Crippen LogP) is 1.12. The number of sulfone groups is 1. The topological polar surface area (TPSA) is 99.1 Å². The highest BCUT2D eigenvalue weighted by molar-refractivity contribution is 7.91. The second-order valence-electron chi connectivity index (χ2n) is 5.25. The van der Waals surface area contributed by atoms with Crippen LogP contribution in [-0.2, 0) is 14.6 Å². The molecule has 1 heterocycles. The first-order chi connectivity index (χ1) is 10.4. The molecule has 1 aliphatic heterocycles. The zero-order valence-corrected chi connectivity index (χ0v) is 13.0. The largest absolute Gasteiger partial charge is 0.360 e. The van der Waals surface area contributed by atoms with Crippen LogP contribution in [0.2, 0.25) is 0 Å². The molecule has 1 aromatic rings. The van der Waals surface area contributed by atoms with Crippen molar-refractivity contribution in [2.24, 2.45) is 0 Å². The van der Waals surface area contributed by atoms with E-state index in [1.165, 1.54) is 6.20 Å². The number of rotatable bonds is 4. The van der Waals surface area contributed by atoms with Gasteiger partial charge in [-0.15, -0.1) is 0 Å². The average molecular weight is 319 g/mol. The summed E-state index contributed by atoms with van der Waals surface area (Å²) in [7, 11) is -3.07. The minimum absolute atomic E-state index is 0.0666. The monoisotopic (exact) mass is 319 g/mol. The van der Waals surface area contributed by atoms with Gasteiger partial charge in [-0.3, -0.25) is 4.79 Å². The number of nitrogens with one attached hydrogen (secondary N) is 2. The Balaban J connectivity index is 1.98. The van der Waals surface area contributed by atoms with Crippen LogP contribution in [0.4, 0.5) is 5.69 Å². The van der Waals surface area contributed by atoms with E-state index in [1.807, 2.05) is 37.3 Å². The van der Waals surface area contributed by atoms with Gasteiger partial charge in [-0.25, -0.2) is 8.42 Å². The van der Waals surface area contributed by atoms with Gasteiger partial charge in [-0.05, 0) is 25.5 Å². The van der Waals surface area contributed by atoms with Crippen LogP contribution < -0.4 is 10.6 Å². The van der Waals surface area contributed by atoms with Gasteiger partial charge in [0.15, 0.2) is 9.84 Å². The lowest BCUT2D eigenvalue weighted by atomic mass is 10.2. The van der Waals surface area contributed by atoms with E-state index in [0.717, 1.165) is 11.3 Å². The number of nitrogens with zero attached hydrogens (tertiary/aromatic N) is 1. The maximum atomic E-state index is 12.0. The molecule has 0 aliphatic carbocycles. The Hall–Kier alpha value is -2.33. The van der Waals surface area contributed by atoms with E-state index in [2.05, 4.69) is 10.6 Å². The van der Waals surface area contributed by atoms with E-state index >= 15 is 0 Å². The molecule has 1 saturated heterocycles. The van der Waals surface area contributed by atoms with Gasteiger partial charge in [0.1, 0.15) is 11.6 Å². The molecule has 0 saturated carbocycles. The van der Waals surface area contributed by atoms with E-state index < -0.39 is 21.8 Å². The van der Waals surface area contributed by atoms with Crippen molar-refractivity contribution in [1.82, 2.24) is 5.32 Å². The molecule has 7 heteroatoms. The van der Waals surface area contributed by atoms with Crippen LogP contribution >= 0.6 is 0 Å². The van der Waals surface area contributed by atoms with Gasteiger partial charge in [0.25, 0.3) is 5.91 Å². The van der Waals surface area contributed by atoms with E-state index in [1.54, 1.807) is 0 Å². The van der Waals surface area contributed by atoms with Gasteiger partial charge >= 0.3 is 0 Å².